The third-order valence-electron chi connectivity index (χ3n) is 4.83. The molecule has 1 aliphatic rings. The van der Waals surface area contributed by atoms with Crippen molar-refractivity contribution in [3.63, 3.8) is 0 Å². The van der Waals surface area contributed by atoms with E-state index in [1.807, 2.05) is 24.4 Å². The molecule has 1 aliphatic carbocycles. The molecule has 3 nitrogen and oxygen atoms in total. The normalized spacial score (nSPS) is 16.1. The Kier molecular flexibility index (Phi) is 4.06. The number of hydrogen-bond acceptors (Lipinski definition) is 2. The fourth-order valence-electron chi connectivity index (χ4n) is 3.54. The van der Waals surface area contributed by atoms with Crippen molar-refractivity contribution >= 4 is 11.6 Å². The van der Waals surface area contributed by atoms with Gasteiger partial charge in [-0.1, -0.05) is 30.3 Å². The van der Waals surface area contributed by atoms with Crippen LogP contribution in [0.5, 0.6) is 11.5 Å². The van der Waals surface area contributed by atoms with Crippen molar-refractivity contribution in [3.05, 3.63) is 82.5 Å². The molecular weight excluding hydrogens is 310 g/mol. The quantitative estimate of drug-likeness (QED) is 0.797. The van der Waals surface area contributed by atoms with Crippen molar-refractivity contribution in [2.75, 3.05) is 14.2 Å². The molecule has 0 radical (unpaired) electrons. The minimum Gasteiger partial charge on any atom is -0.497 e. The lowest BCUT2D eigenvalue weighted by atomic mass is 9.85. The molecule has 3 heteroatoms. The fourth-order valence-corrected chi connectivity index (χ4v) is 3.54. The maximum Gasteiger partial charge on any atom is 0.119 e. The van der Waals surface area contributed by atoms with Gasteiger partial charge < -0.3 is 14.5 Å². The first kappa shape index (κ1) is 15.6. The number of rotatable bonds is 4. The highest BCUT2D eigenvalue weighted by molar-refractivity contribution is 5.70. The van der Waals surface area contributed by atoms with Gasteiger partial charge >= 0.3 is 0 Å². The van der Waals surface area contributed by atoms with Crippen LogP contribution >= 0.6 is 0 Å². The van der Waals surface area contributed by atoms with Crippen molar-refractivity contribution in [2.24, 2.45) is 0 Å². The standard InChI is InChI=1S/C22H21NO2/c1-24-19-7-3-5-15(12-19)18-11-17-9-10-23-22(17)21(14-18)16-6-4-8-20(13-16)25-2/h3-13,18,23H,14H2,1-2H3. The summed E-state index contributed by atoms with van der Waals surface area (Å²) in [5.41, 5.74) is 3.78. The van der Waals surface area contributed by atoms with Crippen molar-refractivity contribution in [1.29, 1.82) is 0 Å². The number of ether oxygens (including phenoxy) is 2. The van der Waals surface area contributed by atoms with Gasteiger partial charge in [-0.25, -0.2) is 0 Å². The minimum absolute atomic E-state index is 0.319. The molecule has 1 heterocycles. The molecule has 0 spiro atoms. The van der Waals surface area contributed by atoms with E-state index < -0.39 is 0 Å². The van der Waals surface area contributed by atoms with Gasteiger partial charge in [-0.3, -0.25) is 0 Å². The Labute approximate surface area is 147 Å². The van der Waals surface area contributed by atoms with Crippen LogP contribution in [0.4, 0.5) is 0 Å². The van der Waals surface area contributed by atoms with Crippen LogP contribution in [0.3, 0.4) is 0 Å². The molecule has 25 heavy (non-hydrogen) atoms. The number of hydrogen-bond donors (Lipinski definition) is 1. The summed E-state index contributed by atoms with van der Waals surface area (Å²) in [5.74, 6) is 2.10. The first-order valence-electron chi connectivity index (χ1n) is 8.45. The molecule has 1 aromatic heterocycles. The van der Waals surface area contributed by atoms with Crippen LogP contribution in [-0.2, 0) is 0 Å². The molecule has 0 aliphatic heterocycles. The Bertz CT molecular complexity index is 1020. The van der Waals surface area contributed by atoms with Crippen molar-refractivity contribution in [2.45, 2.75) is 12.3 Å². The maximum absolute atomic E-state index is 5.41. The first-order chi connectivity index (χ1) is 12.3. The molecule has 0 amide bonds. The summed E-state index contributed by atoms with van der Waals surface area (Å²) in [4.78, 5) is 3.40. The van der Waals surface area contributed by atoms with Gasteiger partial charge in [0, 0.05) is 17.5 Å². The summed E-state index contributed by atoms with van der Waals surface area (Å²) in [6.07, 6.45) is 5.29. The minimum atomic E-state index is 0.319. The van der Waals surface area contributed by atoms with Gasteiger partial charge in [0.05, 0.1) is 14.2 Å². The smallest absolute Gasteiger partial charge is 0.119 e. The van der Waals surface area contributed by atoms with E-state index in [0.717, 1.165) is 17.9 Å². The second kappa shape index (κ2) is 6.52. The lowest BCUT2D eigenvalue weighted by Gasteiger charge is -2.20. The number of nitrogens with one attached hydrogen (secondary N) is 1. The van der Waals surface area contributed by atoms with Crippen molar-refractivity contribution in [3.8, 4) is 11.5 Å². The summed E-state index contributed by atoms with van der Waals surface area (Å²) in [7, 11) is 3.42. The predicted octanol–water partition coefficient (Wildman–Crippen LogP) is 3.20. The zero-order valence-electron chi connectivity index (χ0n) is 14.5. The molecule has 3 aromatic rings. The molecule has 1 N–H and O–H groups in total. The molecule has 1 atom stereocenters. The maximum atomic E-state index is 5.41. The summed E-state index contributed by atoms with van der Waals surface area (Å²) >= 11 is 0. The van der Waals surface area contributed by atoms with E-state index in [4.69, 9.17) is 9.47 Å². The van der Waals surface area contributed by atoms with Crippen LogP contribution in [0.15, 0.2) is 60.8 Å². The van der Waals surface area contributed by atoms with Crippen LogP contribution < -0.4 is 20.0 Å². The molecule has 126 valence electrons. The van der Waals surface area contributed by atoms with Gasteiger partial charge in [0.2, 0.25) is 0 Å². The lowest BCUT2D eigenvalue weighted by molar-refractivity contribution is 0.414. The van der Waals surface area contributed by atoms with Gasteiger partial charge in [-0.15, -0.1) is 0 Å². The lowest BCUT2D eigenvalue weighted by Crippen LogP contribution is -2.30. The number of aromatic nitrogens is 1. The van der Waals surface area contributed by atoms with E-state index in [9.17, 15) is 0 Å². The molecule has 0 bridgehead atoms. The Balaban J connectivity index is 1.82. The Morgan fingerprint density at radius 2 is 1.68 bits per heavy atom. The van der Waals surface area contributed by atoms with Crippen LogP contribution in [0.25, 0.3) is 11.6 Å². The Morgan fingerprint density at radius 1 is 0.920 bits per heavy atom. The Hall–Kier alpha value is -2.94. The number of H-pyrrole nitrogens is 1. The highest BCUT2D eigenvalue weighted by atomic mass is 16.5. The molecular formula is C22H21NO2. The van der Waals surface area contributed by atoms with Gasteiger partial charge in [0.15, 0.2) is 0 Å². The Morgan fingerprint density at radius 3 is 2.48 bits per heavy atom. The van der Waals surface area contributed by atoms with E-state index in [-0.39, 0.29) is 0 Å². The second-order valence-electron chi connectivity index (χ2n) is 6.27. The zero-order valence-corrected chi connectivity index (χ0v) is 14.5. The number of aromatic amines is 1. The molecule has 0 fully saturated rings. The van der Waals surface area contributed by atoms with Crippen molar-refractivity contribution in [1.82, 2.24) is 4.98 Å². The van der Waals surface area contributed by atoms with Crippen LogP contribution in [0, 0.1) is 0 Å². The number of benzene rings is 2. The van der Waals surface area contributed by atoms with E-state index in [1.54, 1.807) is 14.2 Å². The van der Waals surface area contributed by atoms with Gasteiger partial charge in [0.25, 0.3) is 0 Å². The van der Waals surface area contributed by atoms with E-state index >= 15 is 0 Å². The monoisotopic (exact) mass is 331 g/mol. The first-order valence-corrected chi connectivity index (χ1v) is 8.45. The molecule has 0 saturated heterocycles. The second-order valence-corrected chi connectivity index (χ2v) is 6.27. The predicted molar refractivity (Wildman–Crippen MR) is 100 cm³/mol. The third-order valence-corrected chi connectivity index (χ3v) is 4.83. The summed E-state index contributed by atoms with van der Waals surface area (Å²) in [6.45, 7) is 0. The molecule has 1 unspecified atom stereocenters. The molecule has 0 saturated carbocycles. The van der Waals surface area contributed by atoms with Crippen molar-refractivity contribution < 1.29 is 9.47 Å². The zero-order chi connectivity index (χ0) is 17.2. The van der Waals surface area contributed by atoms with Crippen LogP contribution in [-0.4, -0.2) is 19.2 Å². The average molecular weight is 331 g/mol. The van der Waals surface area contributed by atoms with Gasteiger partial charge in [-0.05, 0) is 58.7 Å². The highest BCUT2D eigenvalue weighted by Gasteiger charge is 2.19. The number of fused-ring (bicyclic) bond motifs is 1. The number of methoxy groups -OCH3 is 2. The SMILES string of the molecule is COc1cccc(C2=c3[nH]ccc3=CC(c3cccc(OC)c3)C2)c1. The topological polar surface area (TPSA) is 34.2 Å². The molecule has 4 rings (SSSR count). The van der Waals surface area contributed by atoms with Gasteiger partial charge in [-0.2, -0.15) is 0 Å². The third kappa shape index (κ3) is 2.93. The molecule has 2 aromatic carbocycles. The van der Waals surface area contributed by atoms with Gasteiger partial charge in [0.1, 0.15) is 11.5 Å². The van der Waals surface area contributed by atoms with Crippen LogP contribution in [0.1, 0.15) is 23.5 Å². The van der Waals surface area contributed by atoms with Crippen LogP contribution in [0.2, 0.25) is 0 Å². The summed E-state index contributed by atoms with van der Waals surface area (Å²) in [5, 5.41) is 2.45. The summed E-state index contributed by atoms with van der Waals surface area (Å²) < 4.78 is 10.8. The average Bonchev–Trinajstić information content (AvgIpc) is 3.16. The largest absolute Gasteiger partial charge is 0.497 e. The van der Waals surface area contributed by atoms with E-state index in [1.165, 1.54) is 27.3 Å². The highest BCUT2D eigenvalue weighted by Crippen LogP contribution is 2.32. The van der Waals surface area contributed by atoms with E-state index in [2.05, 4.69) is 47.5 Å². The van der Waals surface area contributed by atoms with E-state index in [0.29, 0.717) is 5.92 Å². The summed E-state index contributed by atoms with van der Waals surface area (Å²) in [6, 6.07) is 18.8. The fraction of sp³-hybridized carbons (Fsp3) is 0.182.